The highest BCUT2D eigenvalue weighted by Crippen LogP contribution is 2.29. The van der Waals surface area contributed by atoms with Crippen molar-refractivity contribution in [3.8, 4) is 0 Å². The summed E-state index contributed by atoms with van der Waals surface area (Å²) in [6.07, 6.45) is 0.0694. The van der Waals surface area contributed by atoms with Crippen LogP contribution in [0.4, 0.5) is 0 Å². The van der Waals surface area contributed by atoms with Crippen molar-refractivity contribution in [2.75, 3.05) is 6.61 Å². The predicted octanol–water partition coefficient (Wildman–Crippen LogP) is 0.683. The zero-order valence-corrected chi connectivity index (χ0v) is 5.76. The second-order valence-corrected chi connectivity index (χ2v) is 3.01. The third kappa shape index (κ3) is 1.41. The first-order valence-corrected chi connectivity index (χ1v) is 3.09. The molecule has 3 nitrogen and oxygen atoms in total. The fourth-order valence-corrected chi connectivity index (χ4v) is 0.671. The predicted molar refractivity (Wildman–Crippen MR) is 31.4 cm³/mol. The summed E-state index contributed by atoms with van der Waals surface area (Å²) < 4.78 is 0. The van der Waals surface area contributed by atoms with Crippen LogP contribution in [0.3, 0.4) is 0 Å². The van der Waals surface area contributed by atoms with Gasteiger partial charge in [0.2, 0.25) is 0 Å². The first-order chi connectivity index (χ1) is 4.13. The topological polar surface area (TPSA) is 38.7 Å². The summed E-state index contributed by atoms with van der Waals surface area (Å²) in [4.78, 5) is 9.12. The molecule has 0 spiro atoms. The lowest BCUT2D eigenvalue weighted by Gasteiger charge is -2.32. The molecule has 1 rings (SSSR count). The molecule has 3 heteroatoms. The van der Waals surface area contributed by atoms with Gasteiger partial charge in [0.15, 0.2) is 6.29 Å². The van der Waals surface area contributed by atoms with Gasteiger partial charge in [-0.2, -0.15) is 0 Å². The largest absolute Gasteiger partial charge is 0.365 e. The Morgan fingerprint density at radius 2 is 2.22 bits per heavy atom. The van der Waals surface area contributed by atoms with E-state index in [1.54, 1.807) is 0 Å². The summed E-state index contributed by atoms with van der Waals surface area (Å²) >= 11 is 0. The van der Waals surface area contributed by atoms with Crippen molar-refractivity contribution in [1.82, 2.24) is 0 Å². The monoisotopic (exact) mass is 132 g/mol. The molecule has 54 valence electrons. The molecule has 0 bridgehead atoms. The molecule has 0 aliphatic carbocycles. The summed E-state index contributed by atoms with van der Waals surface area (Å²) in [5.74, 6) is 0. The maximum absolute atomic E-state index is 9.09. The van der Waals surface area contributed by atoms with E-state index in [0.717, 1.165) is 6.42 Å². The van der Waals surface area contributed by atoms with E-state index in [1.165, 1.54) is 0 Å². The SMILES string of the molecule is CC1(C)CCOOC1O. The summed E-state index contributed by atoms with van der Waals surface area (Å²) in [6.45, 7) is 4.46. The molecule has 0 aromatic rings. The Morgan fingerprint density at radius 1 is 1.56 bits per heavy atom. The molecule has 1 saturated heterocycles. The molecule has 0 aromatic carbocycles. The molecular weight excluding hydrogens is 120 g/mol. The van der Waals surface area contributed by atoms with Crippen LogP contribution in [0.25, 0.3) is 0 Å². The minimum Gasteiger partial charge on any atom is -0.365 e. The Labute approximate surface area is 54.5 Å². The van der Waals surface area contributed by atoms with Gasteiger partial charge in [0, 0.05) is 5.41 Å². The Morgan fingerprint density at radius 3 is 2.56 bits per heavy atom. The van der Waals surface area contributed by atoms with E-state index in [4.69, 9.17) is 5.11 Å². The van der Waals surface area contributed by atoms with Crippen molar-refractivity contribution in [3.63, 3.8) is 0 Å². The van der Waals surface area contributed by atoms with Crippen LogP contribution in [-0.2, 0) is 9.78 Å². The van der Waals surface area contributed by atoms with Crippen LogP contribution in [0.2, 0.25) is 0 Å². The highest BCUT2D eigenvalue weighted by molar-refractivity contribution is 4.71. The molecule has 1 unspecified atom stereocenters. The van der Waals surface area contributed by atoms with Gasteiger partial charge in [0.05, 0.1) is 6.61 Å². The standard InChI is InChI=1S/C6H12O3/c1-6(2)3-4-8-9-5(6)7/h5,7H,3-4H2,1-2H3. The van der Waals surface area contributed by atoms with Gasteiger partial charge in [-0.15, -0.1) is 0 Å². The molecule has 1 aliphatic heterocycles. The maximum atomic E-state index is 9.09. The fraction of sp³-hybridized carbons (Fsp3) is 1.00. The third-order valence-electron chi connectivity index (χ3n) is 1.66. The maximum Gasteiger partial charge on any atom is 0.193 e. The fourth-order valence-electron chi connectivity index (χ4n) is 0.671. The summed E-state index contributed by atoms with van der Waals surface area (Å²) in [5, 5.41) is 9.09. The lowest BCUT2D eigenvalue weighted by atomic mass is 9.89. The minimum absolute atomic E-state index is 0.155. The van der Waals surface area contributed by atoms with Crippen LogP contribution in [-0.4, -0.2) is 18.0 Å². The van der Waals surface area contributed by atoms with Gasteiger partial charge in [0.1, 0.15) is 0 Å². The van der Waals surface area contributed by atoms with Crippen LogP contribution >= 0.6 is 0 Å². The molecule has 1 atom stereocenters. The minimum atomic E-state index is -0.772. The van der Waals surface area contributed by atoms with Crippen molar-refractivity contribution in [2.24, 2.45) is 5.41 Å². The van der Waals surface area contributed by atoms with E-state index in [-0.39, 0.29) is 5.41 Å². The van der Waals surface area contributed by atoms with Gasteiger partial charge in [-0.05, 0) is 6.42 Å². The zero-order valence-electron chi connectivity index (χ0n) is 5.76. The number of hydrogen-bond acceptors (Lipinski definition) is 3. The molecule has 9 heavy (non-hydrogen) atoms. The van der Waals surface area contributed by atoms with Gasteiger partial charge in [-0.25, -0.2) is 9.78 Å². The van der Waals surface area contributed by atoms with E-state index < -0.39 is 6.29 Å². The van der Waals surface area contributed by atoms with Crippen LogP contribution in [0.15, 0.2) is 0 Å². The van der Waals surface area contributed by atoms with E-state index >= 15 is 0 Å². The van der Waals surface area contributed by atoms with E-state index in [9.17, 15) is 0 Å². The van der Waals surface area contributed by atoms with Gasteiger partial charge in [0.25, 0.3) is 0 Å². The Hall–Kier alpha value is -0.120. The van der Waals surface area contributed by atoms with Crippen molar-refractivity contribution in [3.05, 3.63) is 0 Å². The first kappa shape index (κ1) is 6.99. The normalized spacial score (nSPS) is 34.3. The van der Waals surface area contributed by atoms with Crippen LogP contribution < -0.4 is 0 Å². The quantitative estimate of drug-likeness (QED) is 0.493. The molecule has 0 saturated carbocycles. The Kier molecular flexibility index (Phi) is 1.75. The summed E-state index contributed by atoms with van der Waals surface area (Å²) in [7, 11) is 0. The summed E-state index contributed by atoms with van der Waals surface area (Å²) in [6, 6.07) is 0. The lowest BCUT2D eigenvalue weighted by Crippen LogP contribution is -2.37. The second-order valence-electron chi connectivity index (χ2n) is 3.01. The zero-order chi connectivity index (χ0) is 6.91. The summed E-state index contributed by atoms with van der Waals surface area (Å²) in [5.41, 5.74) is -0.155. The molecule has 1 N–H and O–H groups in total. The van der Waals surface area contributed by atoms with Crippen molar-refractivity contribution < 1.29 is 14.9 Å². The molecule has 1 heterocycles. The van der Waals surface area contributed by atoms with Crippen LogP contribution in [0.1, 0.15) is 20.3 Å². The van der Waals surface area contributed by atoms with Gasteiger partial charge in [-0.3, -0.25) is 0 Å². The smallest absolute Gasteiger partial charge is 0.193 e. The molecule has 1 aliphatic rings. The molecule has 0 aromatic heterocycles. The number of aliphatic hydroxyl groups excluding tert-OH is 1. The Bertz CT molecular complexity index is 100. The van der Waals surface area contributed by atoms with Crippen molar-refractivity contribution in [2.45, 2.75) is 26.6 Å². The number of aliphatic hydroxyl groups is 1. The van der Waals surface area contributed by atoms with Gasteiger partial charge >= 0.3 is 0 Å². The number of hydrogen-bond donors (Lipinski definition) is 1. The van der Waals surface area contributed by atoms with Crippen LogP contribution in [0, 0.1) is 5.41 Å². The second kappa shape index (κ2) is 2.25. The Balaban J connectivity index is 2.49. The number of rotatable bonds is 0. The molecule has 1 fully saturated rings. The molecule has 0 amide bonds. The van der Waals surface area contributed by atoms with Gasteiger partial charge in [-0.1, -0.05) is 13.8 Å². The van der Waals surface area contributed by atoms with E-state index in [2.05, 4.69) is 9.78 Å². The van der Waals surface area contributed by atoms with Crippen molar-refractivity contribution in [1.29, 1.82) is 0 Å². The highest BCUT2D eigenvalue weighted by Gasteiger charge is 2.32. The van der Waals surface area contributed by atoms with Crippen molar-refractivity contribution >= 4 is 0 Å². The average Bonchev–Trinajstić information content (AvgIpc) is 1.77. The van der Waals surface area contributed by atoms with E-state index in [1.807, 2.05) is 13.8 Å². The average molecular weight is 132 g/mol. The molecule has 0 radical (unpaired) electrons. The van der Waals surface area contributed by atoms with Gasteiger partial charge < -0.3 is 5.11 Å². The lowest BCUT2D eigenvalue weighted by molar-refractivity contribution is -0.419. The third-order valence-corrected chi connectivity index (χ3v) is 1.66. The van der Waals surface area contributed by atoms with Crippen LogP contribution in [0.5, 0.6) is 0 Å². The molecular formula is C6H12O3. The first-order valence-electron chi connectivity index (χ1n) is 3.09. The highest BCUT2D eigenvalue weighted by atomic mass is 17.2. The van der Waals surface area contributed by atoms with E-state index in [0.29, 0.717) is 6.61 Å².